The van der Waals surface area contributed by atoms with Gasteiger partial charge in [0.1, 0.15) is 0 Å². The fourth-order valence-electron chi connectivity index (χ4n) is 1.71. The minimum atomic E-state index is -0.241. The van der Waals surface area contributed by atoms with Crippen LogP contribution in [0.15, 0.2) is 17.5 Å². The summed E-state index contributed by atoms with van der Waals surface area (Å²) in [6.45, 7) is 0. The van der Waals surface area contributed by atoms with E-state index in [9.17, 15) is 4.79 Å². The number of halogens is 1. The number of nitrogens with zero attached hydrogens (tertiary/aromatic N) is 1. The SMILES string of the molecule is COc1cc(Cl)c(NC(=O)Cc2csc(N)n2)cc1OC. The molecule has 8 heteroatoms. The summed E-state index contributed by atoms with van der Waals surface area (Å²) >= 11 is 7.40. The Bertz CT molecular complexity index is 660. The van der Waals surface area contributed by atoms with Crippen molar-refractivity contribution < 1.29 is 14.3 Å². The molecule has 1 aromatic carbocycles. The van der Waals surface area contributed by atoms with Gasteiger partial charge in [-0.25, -0.2) is 4.98 Å². The summed E-state index contributed by atoms with van der Waals surface area (Å²) in [5, 5.41) is 5.24. The largest absolute Gasteiger partial charge is 0.493 e. The topological polar surface area (TPSA) is 86.5 Å². The van der Waals surface area contributed by atoms with Gasteiger partial charge in [0.2, 0.25) is 5.91 Å². The first kappa shape index (κ1) is 15.4. The lowest BCUT2D eigenvalue weighted by molar-refractivity contribution is -0.115. The number of thiazole rings is 1. The quantitative estimate of drug-likeness (QED) is 0.881. The number of carbonyl (C=O) groups is 1. The number of benzene rings is 1. The first-order valence-electron chi connectivity index (χ1n) is 5.94. The van der Waals surface area contributed by atoms with Gasteiger partial charge >= 0.3 is 0 Å². The maximum atomic E-state index is 12.0. The second kappa shape index (κ2) is 6.64. The van der Waals surface area contributed by atoms with Crippen LogP contribution in [-0.4, -0.2) is 25.1 Å². The molecule has 0 fully saturated rings. The summed E-state index contributed by atoms with van der Waals surface area (Å²) in [4.78, 5) is 16.0. The number of ether oxygens (including phenoxy) is 2. The minimum Gasteiger partial charge on any atom is -0.493 e. The van der Waals surface area contributed by atoms with Crippen molar-refractivity contribution in [3.05, 3.63) is 28.2 Å². The summed E-state index contributed by atoms with van der Waals surface area (Å²) in [6, 6.07) is 3.19. The highest BCUT2D eigenvalue weighted by Gasteiger charge is 2.13. The molecule has 0 saturated carbocycles. The predicted octanol–water partition coefficient (Wildman–Crippen LogP) is 2.58. The van der Waals surface area contributed by atoms with Crippen LogP contribution in [0.25, 0.3) is 0 Å². The zero-order valence-corrected chi connectivity index (χ0v) is 13.0. The zero-order valence-electron chi connectivity index (χ0n) is 11.5. The molecule has 3 N–H and O–H groups in total. The van der Waals surface area contributed by atoms with Gasteiger partial charge in [-0.05, 0) is 0 Å². The molecule has 0 bridgehead atoms. The Hall–Kier alpha value is -1.99. The van der Waals surface area contributed by atoms with Crippen LogP contribution in [-0.2, 0) is 11.2 Å². The number of rotatable bonds is 5. The third-order valence-corrected chi connectivity index (χ3v) is 3.69. The van der Waals surface area contributed by atoms with Crippen LogP contribution in [0.2, 0.25) is 5.02 Å². The molecule has 1 amide bonds. The highest BCUT2D eigenvalue weighted by molar-refractivity contribution is 7.13. The van der Waals surface area contributed by atoms with Gasteiger partial charge in [0.25, 0.3) is 0 Å². The molecule has 0 spiro atoms. The van der Waals surface area contributed by atoms with Crippen molar-refractivity contribution in [1.29, 1.82) is 0 Å². The van der Waals surface area contributed by atoms with Crippen LogP contribution in [0.5, 0.6) is 11.5 Å². The number of nitrogens with two attached hydrogens (primary N) is 1. The molecule has 0 radical (unpaired) electrons. The molecule has 1 heterocycles. The highest BCUT2D eigenvalue weighted by atomic mass is 35.5. The van der Waals surface area contributed by atoms with Gasteiger partial charge < -0.3 is 20.5 Å². The summed E-state index contributed by atoms with van der Waals surface area (Å²) in [6.07, 6.45) is 0.123. The third kappa shape index (κ3) is 3.77. The van der Waals surface area contributed by atoms with Crippen molar-refractivity contribution in [1.82, 2.24) is 4.98 Å². The number of carbonyl (C=O) groups excluding carboxylic acids is 1. The normalized spacial score (nSPS) is 10.2. The Morgan fingerprint density at radius 3 is 2.62 bits per heavy atom. The Balaban J connectivity index is 2.13. The van der Waals surface area contributed by atoms with E-state index >= 15 is 0 Å². The number of aromatic nitrogens is 1. The van der Waals surface area contributed by atoms with Crippen molar-refractivity contribution in [3.63, 3.8) is 0 Å². The molecule has 0 saturated heterocycles. The first-order valence-corrected chi connectivity index (χ1v) is 7.20. The lowest BCUT2D eigenvalue weighted by atomic mass is 10.2. The number of methoxy groups -OCH3 is 2. The Kier molecular flexibility index (Phi) is 4.87. The maximum absolute atomic E-state index is 12.0. The second-order valence-corrected chi connectivity index (χ2v) is 5.39. The van der Waals surface area contributed by atoms with Crippen LogP contribution >= 0.6 is 22.9 Å². The number of hydrogen-bond acceptors (Lipinski definition) is 6. The Morgan fingerprint density at radius 2 is 2.05 bits per heavy atom. The fourth-order valence-corrected chi connectivity index (χ4v) is 2.48. The molecule has 112 valence electrons. The number of nitrogens with one attached hydrogen (secondary N) is 1. The van der Waals surface area contributed by atoms with E-state index in [0.717, 1.165) is 0 Å². The lowest BCUT2D eigenvalue weighted by Gasteiger charge is -2.12. The van der Waals surface area contributed by atoms with Crippen molar-refractivity contribution >= 4 is 39.7 Å². The highest BCUT2D eigenvalue weighted by Crippen LogP contribution is 2.36. The molecule has 1 aromatic heterocycles. The van der Waals surface area contributed by atoms with Crippen molar-refractivity contribution in [2.45, 2.75) is 6.42 Å². The number of hydrogen-bond donors (Lipinski definition) is 2. The Morgan fingerprint density at radius 1 is 1.38 bits per heavy atom. The molecule has 21 heavy (non-hydrogen) atoms. The molecule has 2 aromatic rings. The summed E-state index contributed by atoms with van der Waals surface area (Å²) in [5.74, 6) is 0.734. The molecule has 0 aliphatic rings. The predicted molar refractivity (Wildman–Crippen MR) is 83.4 cm³/mol. The van der Waals surface area contributed by atoms with Crippen LogP contribution in [0.1, 0.15) is 5.69 Å². The molecular formula is C13H14ClN3O3S. The minimum absolute atomic E-state index is 0.123. The molecule has 0 aliphatic heterocycles. The van der Waals surface area contributed by atoms with Gasteiger partial charge in [-0.2, -0.15) is 0 Å². The van der Waals surface area contributed by atoms with Crippen LogP contribution < -0.4 is 20.5 Å². The van der Waals surface area contributed by atoms with Gasteiger partial charge in [0.05, 0.1) is 37.0 Å². The summed E-state index contributed by atoms with van der Waals surface area (Å²) in [7, 11) is 3.02. The van der Waals surface area contributed by atoms with Gasteiger partial charge in [0.15, 0.2) is 16.6 Å². The number of nitrogen functional groups attached to an aromatic ring is 1. The van der Waals surface area contributed by atoms with E-state index < -0.39 is 0 Å². The van der Waals surface area contributed by atoms with Crippen LogP contribution in [0.3, 0.4) is 0 Å². The van der Waals surface area contributed by atoms with E-state index in [1.54, 1.807) is 17.5 Å². The van der Waals surface area contributed by atoms with E-state index in [2.05, 4.69) is 10.3 Å². The number of amides is 1. The van der Waals surface area contributed by atoms with Gasteiger partial charge in [-0.3, -0.25) is 4.79 Å². The van der Waals surface area contributed by atoms with Gasteiger partial charge in [-0.1, -0.05) is 11.6 Å². The standard InChI is InChI=1S/C13H14ClN3O3S/c1-19-10-4-8(14)9(5-11(10)20-2)17-12(18)3-7-6-21-13(15)16-7/h4-6H,3H2,1-2H3,(H2,15,16)(H,17,18). The Labute approximate surface area is 130 Å². The fraction of sp³-hybridized carbons (Fsp3) is 0.231. The number of anilines is 2. The zero-order chi connectivity index (χ0) is 15.4. The summed E-state index contributed by atoms with van der Waals surface area (Å²) < 4.78 is 10.3. The molecule has 6 nitrogen and oxygen atoms in total. The van der Waals surface area contributed by atoms with Crippen molar-refractivity contribution in [2.24, 2.45) is 0 Å². The smallest absolute Gasteiger partial charge is 0.230 e. The average molecular weight is 328 g/mol. The lowest BCUT2D eigenvalue weighted by Crippen LogP contribution is -2.15. The van der Waals surface area contributed by atoms with Gasteiger partial charge in [-0.15, -0.1) is 11.3 Å². The van der Waals surface area contributed by atoms with E-state index in [1.165, 1.54) is 25.6 Å². The molecule has 0 atom stereocenters. The van der Waals surface area contributed by atoms with Gasteiger partial charge in [0, 0.05) is 17.5 Å². The second-order valence-electron chi connectivity index (χ2n) is 4.09. The third-order valence-electron chi connectivity index (χ3n) is 2.66. The van der Waals surface area contributed by atoms with E-state index in [-0.39, 0.29) is 12.3 Å². The molecule has 0 aliphatic carbocycles. The van der Waals surface area contributed by atoms with E-state index in [1.807, 2.05) is 0 Å². The van der Waals surface area contributed by atoms with E-state index in [4.69, 9.17) is 26.8 Å². The van der Waals surface area contributed by atoms with Crippen molar-refractivity contribution in [2.75, 3.05) is 25.3 Å². The van der Waals surface area contributed by atoms with E-state index in [0.29, 0.717) is 33.0 Å². The average Bonchev–Trinajstić information content (AvgIpc) is 2.85. The molecular weight excluding hydrogens is 314 g/mol. The summed E-state index contributed by atoms with van der Waals surface area (Å²) in [5.41, 5.74) is 6.59. The van der Waals surface area contributed by atoms with Crippen LogP contribution in [0, 0.1) is 0 Å². The van der Waals surface area contributed by atoms with Crippen molar-refractivity contribution in [3.8, 4) is 11.5 Å². The van der Waals surface area contributed by atoms with Crippen LogP contribution in [0.4, 0.5) is 10.8 Å². The monoisotopic (exact) mass is 327 g/mol. The first-order chi connectivity index (χ1) is 10.0. The molecule has 0 unspecified atom stereocenters. The molecule has 2 rings (SSSR count). The maximum Gasteiger partial charge on any atom is 0.230 e.